The van der Waals surface area contributed by atoms with E-state index in [0.717, 1.165) is 5.56 Å². The van der Waals surface area contributed by atoms with Crippen LogP contribution in [0.15, 0.2) is 52.3 Å². The van der Waals surface area contributed by atoms with Gasteiger partial charge in [-0.3, -0.25) is 0 Å². The van der Waals surface area contributed by atoms with Gasteiger partial charge in [-0.2, -0.15) is 0 Å². The van der Waals surface area contributed by atoms with E-state index in [1.807, 2.05) is 19.1 Å². The predicted molar refractivity (Wildman–Crippen MR) is 79.9 cm³/mol. The second kappa shape index (κ2) is 4.93. The van der Waals surface area contributed by atoms with Gasteiger partial charge in [0.05, 0.1) is 9.80 Å². The number of aromatic hydroxyl groups is 1. The summed E-state index contributed by atoms with van der Waals surface area (Å²) in [6.45, 7) is 1.91. The Morgan fingerprint density at radius 3 is 2.48 bits per heavy atom. The van der Waals surface area contributed by atoms with Crippen molar-refractivity contribution in [3.63, 3.8) is 0 Å². The maximum Gasteiger partial charge on any atom is 0.206 e. The van der Waals surface area contributed by atoms with Crippen LogP contribution in [-0.4, -0.2) is 20.1 Å². The molecule has 1 N–H and O–H groups in total. The van der Waals surface area contributed by atoms with E-state index in [2.05, 4.69) is 0 Å². The lowest BCUT2D eigenvalue weighted by Gasteiger charge is -2.07. The largest absolute Gasteiger partial charge is 0.507 e. The molecule has 0 saturated heterocycles. The van der Waals surface area contributed by atoms with Gasteiger partial charge in [0.1, 0.15) is 18.1 Å². The zero-order valence-corrected chi connectivity index (χ0v) is 12.2. The van der Waals surface area contributed by atoms with Crippen molar-refractivity contribution in [1.29, 1.82) is 0 Å². The van der Waals surface area contributed by atoms with Gasteiger partial charge in [0.2, 0.25) is 9.84 Å². The molecule has 108 valence electrons. The summed E-state index contributed by atoms with van der Waals surface area (Å²) in [6.07, 6.45) is 1.47. The summed E-state index contributed by atoms with van der Waals surface area (Å²) in [6, 6.07) is 11.8. The number of hydrogen-bond acceptors (Lipinski definition) is 4. The minimum absolute atomic E-state index is 0.0404. The van der Waals surface area contributed by atoms with Gasteiger partial charge in [0.25, 0.3) is 0 Å². The predicted octanol–water partition coefficient (Wildman–Crippen LogP) is 2.91. The highest BCUT2D eigenvalue weighted by Crippen LogP contribution is 2.37. The van der Waals surface area contributed by atoms with E-state index in [0.29, 0.717) is 11.3 Å². The van der Waals surface area contributed by atoms with Crippen molar-refractivity contribution < 1.29 is 18.3 Å². The van der Waals surface area contributed by atoms with Gasteiger partial charge in [0.15, 0.2) is 0 Å². The first-order valence-corrected chi connectivity index (χ1v) is 7.94. The molecule has 2 aromatic rings. The van der Waals surface area contributed by atoms with Crippen LogP contribution >= 0.6 is 0 Å². The molecule has 0 unspecified atom stereocenters. The Morgan fingerprint density at radius 1 is 1.10 bits per heavy atom. The summed E-state index contributed by atoms with van der Waals surface area (Å²) in [5.74, 6) is 0.568. The molecule has 4 nitrogen and oxygen atoms in total. The zero-order valence-electron chi connectivity index (χ0n) is 11.4. The van der Waals surface area contributed by atoms with Crippen molar-refractivity contribution in [3.8, 4) is 11.5 Å². The standard InChI is InChI=1S/C16H14O4S/c1-11-5-7-12(8-6-11)20-10-13-9-14-15(17)3-2-4-16(14)21(13,18)19/h2-9,17H,10H2,1H3. The van der Waals surface area contributed by atoms with Gasteiger partial charge in [-0.05, 0) is 37.3 Å². The molecule has 0 bridgehead atoms. The van der Waals surface area contributed by atoms with Crippen molar-refractivity contribution >= 4 is 15.9 Å². The SMILES string of the molecule is Cc1ccc(OCC2=Cc3c(O)cccc3S2(=O)=O)cc1. The average molecular weight is 302 g/mol. The molecule has 1 aliphatic rings. The molecule has 5 heteroatoms. The number of phenols is 1. The van der Waals surface area contributed by atoms with Crippen LogP contribution in [0.3, 0.4) is 0 Å². The second-order valence-electron chi connectivity index (χ2n) is 4.90. The number of fused-ring (bicyclic) bond motifs is 1. The summed E-state index contributed by atoms with van der Waals surface area (Å²) in [5.41, 5.74) is 1.44. The highest BCUT2D eigenvalue weighted by Gasteiger charge is 2.31. The minimum Gasteiger partial charge on any atom is -0.507 e. The third kappa shape index (κ3) is 2.40. The van der Waals surface area contributed by atoms with Gasteiger partial charge in [-0.1, -0.05) is 23.8 Å². The van der Waals surface area contributed by atoms with E-state index < -0.39 is 9.84 Å². The number of sulfone groups is 1. The van der Waals surface area contributed by atoms with E-state index in [1.54, 1.807) is 12.1 Å². The highest BCUT2D eigenvalue weighted by atomic mass is 32.2. The summed E-state index contributed by atoms with van der Waals surface area (Å²) in [4.78, 5) is 0.282. The molecular formula is C16H14O4S. The van der Waals surface area contributed by atoms with Gasteiger partial charge >= 0.3 is 0 Å². The maximum atomic E-state index is 12.4. The van der Waals surface area contributed by atoms with Crippen LogP contribution in [0.25, 0.3) is 6.08 Å². The number of ether oxygens (including phenoxy) is 1. The lowest BCUT2D eigenvalue weighted by atomic mass is 10.2. The Kier molecular flexibility index (Phi) is 3.22. The molecule has 0 atom stereocenters. The third-order valence-corrected chi connectivity index (χ3v) is 5.25. The normalized spacial score (nSPS) is 15.4. The lowest BCUT2D eigenvalue weighted by molar-refractivity contribution is 0.359. The molecule has 0 aromatic heterocycles. The van der Waals surface area contributed by atoms with Crippen LogP contribution in [0.5, 0.6) is 11.5 Å². The fourth-order valence-corrected chi connectivity index (χ4v) is 3.68. The van der Waals surface area contributed by atoms with Crippen LogP contribution in [0, 0.1) is 6.92 Å². The monoisotopic (exact) mass is 302 g/mol. The van der Waals surface area contributed by atoms with Gasteiger partial charge < -0.3 is 9.84 Å². The molecule has 0 spiro atoms. The molecule has 0 amide bonds. The fourth-order valence-electron chi connectivity index (χ4n) is 2.20. The third-order valence-electron chi connectivity index (χ3n) is 3.39. The van der Waals surface area contributed by atoms with Gasteiger partial charge in [0, 0.05) is 5.56 Å². The van der Waals surface area contributed by atoms with Crippen LogP contribution < -0.4 is 4.74 Å². The van der Waals surface area contributed by atoms with Gasteiger partial charge in [-0.25, -0.2) is 8.42 Å². The van der Waals surface area contributed by atoms with Crippen molar-refractivity contribution in [3.05, 3.63) is 58.5 Å². The smallest absolute Gasteiger partial charge is 0.206 e. The number of phenolic OH excluding ortho intramolecular Hbond substituents is 1. The molecule has 1 heterocycles. The Morgan fingerprint density at radius 2 is 1.81 bits per heavy atom. The quantitative estimate of drug-likeness (QED) is 0.947. The number of benzene rings is 2. The number of hydrogen-bond donors (Lipinski definition) is 1. The Hall–Kier alpha value is -2.27. The van der Waals surface area contributed by atoms with Crippen LogP contribution in [0.4, 0.5) is 0 Å². The molecule has 0 fully saturated rings. The molecule has 3 rings (SSSR count). The van der Waals surface area contributed by atoms with Gasteiger partial charge in [-0.15, -0.1) is 0 Å². The fraction of sp³-hybridized carbons (Fsp3) is 0.125. The first-order valence-electron chi connectivity index (χ1n) is 6.45. The number of aryl methyl sites for hydroxylation is 1. The Bertz CT molecular complexity index is 818. The molecule has 0 radical (unpaired) electrons. The van der Waals surface area contributed by atoms with Crippen LogP contribution in [0.2, 0.25) is 0 Å². The van der Waals surface area contributed by atoms with E-state index >= 15 is 0 Å². The lowest BCUT2D eigenvalue weighted by Crippen LogP contribution is -2.08. The zero-order chi connectivity index (χ0) is 15.0. The summed E-state index contributed by atoms with van der Waals surface area (Å²) < 4.78 is 30.2. The first kappa shape index (κ1) is 13.7. The summed E-state index contributed by atoms with van der Waals surface area (Å²) >= 11 is 0. The van der Waals surface area contributed by atoms with E-state index in [-0.39, 0.29) is 22.2 Å². The Balaban J connectivity index is 1.86. The summed E-state index contributed by atoms with van der Waals surface area (Å²) in [7, 11) is -3.57. The number of rotatable bonds is 3. The highest BCUT2D eigenvalue weighted by molar-refractivity contribution is 7.95. The molecule has 0 aliphatic carbocycles. The topological polar surface area (TPSA) is 63.6 Å². The second-order valence-corrected chi connectivity index (χ2v) is 6.88. The molecule has 1 aliphatic heterocycles. The minimum atomic E-state index is -3.57. The molecule has 2 aromatic carbocycles. The first-order chi connectivity index (χ1) is 9.98. The maximum absolute atomic E-state index is 12.4. The van der Waals surface area contributed by atoms with Crippen molar-refractivity contribution in [2.75, 3.05) is 6.61 Å². The van der Waals surface area contributed by atoms with Crippen molar-refractivity contribution in [1.82, 2.24) is 0 Å². The van der Waals surface area contributed by atoms with Crippen LogP contribution in [-0.2, 0) is 9.84 Å². The summed E-state index contributed by atoms with van der Waals surface area (Å²) in [5, 5.41) is 9.75. The van der Waals surface area contributed by atoms with E-state index in [4.69, 9.17) is 4.74 Å². The van der Waals surface area contributed by atoms with E-state index in [1.165, 1.54) is 24.3 Å². The molecular weight excluding hydrogens is 288 g/mol. The van der Waals surface area contributed by atoms with Crippen molar-refractivity contribution in [2.24, 2.45) is 0 Å². The average Bonchev–Trinajstić information content (AvgIpc) is 2.71. The van der Waals surface area contributed by atoms with Crippen molar-refractivity contribution in [2.45, 2.75) is 11.8 Å². The van der Waals surface area contributed by atoms with Crippen LogP contribution in [0.1, 0.15) is 11.1 Å². The molecule has 0 saturated carbocycles. The van der Waals surface area contributed by atoms with E-state index in [9.17, 15) is 13.5 Å². The Labute approximate surface area is 123 Å². The molecule has 21 heavy (non-hydrogen) atoms.